The average Bonchev–Trinajstić information content (AvgIpc) is 2.62. The van der Waals surface area contributed by atoms with Crippen LogP contribution in [0.25, 0.3) is 0 Å². The largest absolute Gasteiger partial charge is 0.478 e. The predicted octanol–water partition coefficient (Wildman–Crippen LogP) is 0.741. The number of amides is 1. The molecule has 0 aromatic heterocycles. The van der Waals surface area contributed by atoms with Crippen molar-refractivity contribution in [2.75, 3.05) is 13.1 Å². The van der Waals surface area contributed by atoms with Gasteiger partial charge in [-0.05, 0) is 6.42 Å². The van der Waals surface area contributed by atoms with Crippen LogP contribution < -0.4 is 0 Å². The summed E-state index contributed by atoms with van der Waals surface area (Å²) in [6.45, 7) is 0.262. The van der Waals surface area contributed by atoms with Crippen LogP contribution in [0.5, 0.6) is 0 Å². The highest BCUT2D eigenvalue weighted by molar-refractivity contribution is 5.94. The summed E-state index contributed by atoms with van der Waals surface area (Å²) in [5.74, 6) is -2.54. The maximum atomic E-state index is 12.2. The van der Waals surface area contributed by atoms with Crippen molar-refractivity contribution in [2.24, 2.45) is 5.92 Å². The van der Waals surface area contributed by atoms with E-state index in [1.54, 1.807) is 0 Å². The zero-order valence-electron chi connectivity index (χ0n) is 7.90. The molecule has 1 heterocycles. The summed E-state index contributed by atoms with van der Waals surface area (Å²) in [6.07, 6.45) is -0.565. The second kappa shape index (κ2) is 4.86. The Hall–Kier alpha value is -1.46. The molecule has 0 saturated carbocycles. The summed E-state index contributed by atoms with van der Waals surface area (Å²) in [5, 5.41) is 8.27. The number of hydrogen-bond donors (Lipinski definition) is 1. The van der Waals surface area contributed by atoms with E-state index in [9.17, 15) is 18.4 Å². The van der Waals surface area contributed by atoms with Gasteiger partial charge in [0.15, 0.2) is 0 Å². The van der Waals surface area contributed by atoms with Gasteiger partial charge in [0.25, 0.3) is 0 Å². The number of carboxylic acids is 1. The lowest BCUT2D eigenvalue weighted by molar-refractivity contribution is -0.132. The summed E-state index contributed by atoms with van der Waals surface area (Å²) in [6, 6.07) is 0. The molecule has 1 saturated heterocycles. The van der Waals surface area contributed by atoms with E-state index < -0.39 is 24.2 Å². The van der Waals surface area contributed by atoms with Crippen LogP contribution in [-0.4, -0.2) is 41.4 Å². The van der Waals surface area contributed by atoms with E-state index in [2.05, 4.69) is 0 Å². The van der Waals surface area contributed by atoms with E-state index in [0.717, 1.165) is 6.08 Å². The second-order valence-corrected chi connectivity index (χ2v) is 3.34. The molecule has 1 fully saturated rings. The lowest BCUT2D eigenvalue weighted by atomic mass is 10.1. The molecular formula is C9H11F2NO3. The zero-order valence-corrected chi connectivity index (χ0v) is 7.90. The molecule has 0 aliphatic carbocycles. The number of likely N-dealkylation sites (tertiary alicyclic amines) is 1. The summed E-state index contributed by atoms with van der Waals surface area (Å²) >= 11 is 0. The fraction of sp³-hybridized carbons (Fsp3) is 0.556. The Kier molecular flexibility index (Phi) is 3.76. The third-order valence-corrected chi connectivity index (χ3v) is 2.26. The van der Waals surface area contributed by atoms with E-state index in [1.807, 2.05) is 0 Å². The fourth-order valence-corrected chi connectivity index (χ4v) is 1.44. The molecule has 6 heteroatoms. The minimum atomic E-state index is -2.42. The Morgan fingerprint density at radius 3 is 2.53 bits per heavy atom. The number of carbonyl (C=O) groups is 2. The molecule has 1 N–H and O–H groups in total. The molecule has 4 nitrogen and oxygen atoms in total. The Morgan fingerprint density at radius 2 is 2.07 bits per heavy atom. The maximum absolute atomic E-state index is 12.2. The minimum absolute atomic E-state index is 0.000455. The lowest BCUT2D eigenvalue weighted by Gasteiger charge is -2.13. The van der Waals surface area contributed by atoms with Gasteiger partial charge in [-0.2, -0.15) is 0 Å². The Morgan fingerprint density at radius 1 is 1.40 bits per heavy atom. The van der Waals surface area contributed by atoms with Gasteiger partial charge >= 0.3 is 5.97 Å². The average molecular weight is 219 g/mol. The number of aliphatic carboxylic acids is 1. The number of rotatable bonds is 3. The van der Waals surface area contributed by atoms with E-state index in [-0.39, 0.29) is 19.5 Å². The molecule has 1 amide bonds. The first-order valence-electron chi connectivity index (χ1n) is 4.48. The standard InChI is InChI=1S/C9H11F2NO3/c10-9(11)6-3-4-12(5-6)7(13)1-2-8(14)15/h1-2,6,9H,3-5H2,(H,14,15)/b2-1+/t6-/m1/s1. The third-order valence-electron chi connectivity index (χ3n) is 2.26. The number of halogens is 2. The van der Waals surface area contributed by atoms with Crippen molar-refractivity contribution in [1.82, 2.24) is 4.90 Å². The van der Waals surface area contributed by atoms with Crippen molar-refractivity contribution < 1.29 is 23.5 Å². The Balaban J connectivity index is 2.47. The molecule has 0 radical (unpaired) electrons. The molecule has 1 aliphatic rings. The number of carboxylic acid groups (broad SMARTS) is 1. The van der Waals surface area contributed by atoms with Crippen LogP contribution in [0.1, 0.15) is 6.42 Å². The first kappa shape index (κ1) is 11.6. The monoisotopic (exact) mass is 219 g/mol. The van der Waals surface area contributed by atoms with Crippen molar-refractivity contribution in [3.05, 3.63) is 12.2 Å². The van der Waals surface area contributed by atoms with Gasteiger partial charge in [0.05, 0.1) is 0 Å². The van der Waals surface area contributed by atoms with E-state index in [0.29, 0.717) is 6.08 Å². The molecule has 1 atom stereocenters. The van der Waals surface area contributed by atoms with Crippen molar-refractivity contribution in [1.29, 1.82) is 0 Å². The molecular weight excluding hydrogens is 208 g/mol. The van der Waals surface area contributed by atoms with Crippen LogP contribution in [0.15, 0.2) is 12.2 Å². The minimum Gasteiger partial charge on any atom is -0.478 e. The van der Waals surface area contributed by atoms with Crippen LogP contribution in [0, 0.1) is 5.92 Å². The summed E-state index contributed by atoms with van der Waals surface area (Å²) < 4.78 is 24.5. The van der Waals surface area contributed by atoms with Crippen molar-refractivity contribution in [3.63, 3.8) is 0 Å². The van der Waals surface area contributed by atoms with Crippen LogP contribution in [0.4, 0.5) is 8.78 Å². The molecule has 0 aromatic rings. The molecule has 1 aliphatic heterocycles. The molecule has 0 unspecified atom stereocenters. The van der Waals surface area contributed by atoms with Gasteiger partial charge in [-0.15, -0.1) is 0 Å². The normalized spacial score (nSPS) is 21.5. The molecule has 0 bridgehead atoms. The van der Waals surface area contributed by atoms with Crippen molar-refractivity contribution in [3.8, 4) is 0 Å². The van der Waals surface area contributed by atoms with Gasteiger partial charge in [-0.25, -0.2) is 13.6 Å². The highest BCUT2D eigenvalue weighted by atomic mass is 19.3. The Labute approximate surface area is 85.2 Å². The maximum Gasteiger partial charge on any atom is 0.328 e. The van der Waals surface area contributed by atoms with Crippen LogP contribution in [-0.2, 0) is 9.59 Å². The predicted molar refractivity (Wildman–Crippen MR) is 47.5 cm³/mol. The quantitative estimate of drug-likeness (QED) is 0.712. The van der Waals surface area contributed by atoms with Gasteiger partial charge in [-0.3, -0.25) is 4.79 Å². The van der Waals surface area contributed by atoms with Gasteiger partial charge in [0.2, 0.25) is 12.3 Å². The highest BCUT2D eigenvalue weighted by Crippen LogP contribution is 2.22. The third kappa shape index (κ3) is 3.30. The van der Waals surface area contributed by atoms with E-state index >= 15 is 0 Å². The smallest absolute Gasteiger partial charge is 0.328 e. The highest BCUT2D eigenvalue weighted by Gasteiger charge is 2.31. The number of carbonyl (C=O) groups excluding carboxylic acids is 1. The van der Waals surface area contributed by atoms with Gasteiger partial charge < -0.3 is 10.0 Å². The fourth-order valence-electron chi connectivity index (χ4n) is 1.44. The molecule has 0 aromatic carbocycles. The summed E-state index contributed by atoms with van der Waals surface area (Å²) in [5.41, 5.74) is 0. The first-order chi connectivity index (χ1) is 7.00. The van der Waals surface area contributed by atoms with Crippen LogP contribution in [0.2, 0.25) is 0 Å². The van der Waals surface area contributed by atoms with E-state index in [1.165, 1.54) is 4.90 Å². The number of alkyl halides is 2. The number of nitrogens with zero attached hydrogens (tertiary/aromatic N) is 1. The topological polar surface area (TPSA) is 57.6 Å². The lowest BCUT2D eigenvalue weighted by Crippen LogP contribution is -2.28. The second-order valence-electron chi connectivity index (χ2n) is 3.34. The molecule has 1 rings (SSSR count). The SMILES string of the molecule is O=C(O)/C=C/C(=O)N1CC[C@@H](C(F)F)C1. The van der Waals surface area contributed by atoms with Gasteiger partial charge in [-0.1, -0.05) is 0 Å². The van der Waals surface area contributed by atoms with Crippen LogP contribution >= 0.6 is 0 Å². The van der Waals surface area contributed by atoms with Crippen molar-refractivity contribution >= 4 is 11.9 Å². The summed E-state index contributed by atoms with van der Waals surface area (Å²) in [4.78, 5) is 22.6. The molecule has 15 heavy (non-hydrogen) atoms. The van der Waals surface area contributed by atoms with Gasteiger partial charge in [0, 0.05) is 31.2 Å². The molecule has 84 valence electrons. The zero-order chi connectivity index (χ0) is 11.4. The summed E-state index contributed by atoms with van der Waals surface area (Å²) in [7, 11) is 0. The van der Waals surface area contributed by atoms with Crippen molar-refractivity contribution in [2.45, 2.75) is 12.8 Å². The Bertz CT molecular complexity index is 291. The van der Waals surface area contributed by atoms with E-state index in [4.69, 9.17) is 5.11 Å². The van der Waals surface area contributed by atoms with Crippen LogP contribution in [0.3, 0.4) is 0 Å². The number of hydrogen-bond acceptors (Lipinski definition) is 2. The molecule has 0 spiro atoms. The van der Waals surface area contributed by atoms with Gasteiger partial charge in [0.1, 0.15) is 0 Å². The first-order valence-corrected chi connectivity index (χ1v) is 4.48.